The summed E-state index contributed by atoms with van der Waals surface area (Å²) in [6.45, 7) is -1.69. The van der Waals surface area contributed by atoms with Gasteiger partial charge in [0.2, 0.25) is 0 Å². The van der Waals surface area contributed by atoms with Gasteiger partial charge in [0.1, 0.15) is 6.54 Å². The lowest BCUT2D eigenvalue weighted by molar-refractivity contribution is -0.207. The van der Waals surface area contributed by atoms with Crippen LogP contribution >= 0.6 is 23.2 Å². The number of hydrogen-bond donors (Lipinski definition) is 1. The van der Waals surface area contributed by atoms with Gasteiger partial charge < -0.3 is 5.11 Å². The van der Waals surface area contributed by atoms with E-state index in [4.69, 9.17) is 23.2 Å². The van der Waals surface area contributed by atoms with Gasteiger partial charge in [-0.05, 0) is 42.5 Å². The van der Waals surface area contributed by atoms with Crippen LogP contribution in [0.1, 0.15) is 18.1 Å². The molecule has 0 saturated heterocycles. The average molecular weight is 549 g/mol. The van der Waals surface area contributed by atoms with Crippen LogP contribution in [0.5, 0.6) is 0 Å². The minimum atomic E-state index is -5.00. The van der Waals surface area contributed by atoms with Crippen molar-refractivity contribution in [2.45, 2.75) is 31.8 Å². The molecule has 0 fully saturated rings. The average Bonchev–Trinajstić information content (AvgIpc) is 3.36. The van der Waals surface area contributed by atoms with Crippen LogP contribution in [0.3, 0.4) is 0 Å². The van der Waals surface area contributed by atoms with Crippen molar-refractivity contribution in [2.24, 2.45) is 0 Å². The third-order valence-corrected chi connectivity index (χ3v) is 5.46. The van der Waals surface area contributed by atoms with Crippen molar-refractivity contribution in [1.82, 2.24) is 29.1 Å². The van der Waals surface area contributed by atoms with Crippen molar-refractivity contribution in [2.75, 3.05) is 0 Å². The quantitative estimate of drug-likeness (QED) is 0.343. The predicted octanol–water partition coefficient (Wildman–Crippen LogP) is 4.51. The Kier molecular flexibility index (Phi) is 7.16. The van der Waals surface area contributed by atoms with Crippen molar-refractivity contribution >= 4 is 23.2 Å². The molecule has 36 heavy (non-hydrogen) atoms. The lowest BCUT2D eigenvalue weighted by Gasteiger charge is -2.15. The Hall–Kier alpha value is -3.29. The molecule has 2 heterocycles. The van der Waals surface area contributed by atoms with Crippen LogP contribution in [0.4, 0.5) is 22.0 Å². The molecule has 0 spiro atoms. The van der Waals surface area contributed by atoms with Crippen LogP contribution in [-0.4, -0.2) is 46.5 Å². The van der Waals surface area contributed by atoms with Gasteiger partial charge in [-0.3, -0.25) is 4.57 Å². The van der Waals surface area contributed by atoms with Gasteiger partial charge in [0.15, 0.2) is 23.6 Å². The van der Waals surface area contributed by atoms with Crippen LogP contribution in [0, 0.1) is 0 Å². The molecule has 15 heteroatoms. The number of halogens is 7. The lowest BCUT2D eigenvalue weighted by Crippen LogP contribution is -2.37. The number of alkyl halides is 5. The maximum absolute atomic E-state index is 13.6. The maximum atomic E-state index is 13.6. The van der Waals surface area contributed by atoms with Gasteiger partial charge >= 0.3 is 11.9 Å². The Bertz CT molecular complexity index is 1430. The number of aliphatic hydroxyl groups is 1. The van der Waals surface area contributed by atoms with E-state index in [0.717, 1.165) is 9.36 Å². The summed E-state index contributed by atoms with van der Waals surface area (Å²) in [4.78, 5) is 16.7. The highest BCUT2D eigenvalue weighted by atomic mass is 35.5. The van der Waals surface area contributed by atoms with Crippen LogP contribution in [0.25, 0.3) is 17.1 Å². The first kappa shape index (κ1) is 25.8. The van der Waals surface area contributed by atoms with E-state index < -0.39 is 43.3 Å². The van der Waals surface area contributed by atoms with Gasteiger partial charge in [0.05, 0.1) is 12.2 Å². The maximum Gasteiger partial charge on any atom is 0.416 e. The summed E-state index contributed by atoms with van der Waals surface area (Å²) in [5.41, 5.74) is -0.624. The standard InChI is InChI=1S/C21H15Cl2F5N6O2/c22-12-6-4-11(5-7-12)18-31-33(20(36)32(18)9-15(35)21(26,27)28)10-16-29-19(17(24)25)34(30-16)14-3-1-2-13(23)8-14/h1-8,15,17,35H,9-10H2/t15-/m0/s1. The zero-order chi connectivity index (χ0) is 26.2. The molecule has 0 aliphatic heterocycles. The number of benzene rings is 2. The van der Waals surface area contributed by atoms with Crippen LogP contribution < -0.4 is 5.69 Å². The molecule has 0 amide bonds. The molecule has 2 aromatic heterocycles. The first-order valence-corrected chi connectivity index (χ1v) is 10.9. The molecule has 2 aromatic carbocycles. The van der Waals surface area contributed by atoms with Gasteiger partial charge in [0, 0.05) is 15.6 Å². The summed E-state index contributed by atoms with van der Waals surface area (Å²) < 4.78 is 68.5. The molecule has 8 nitrogen and oxygen atoms in total. The predicted molar refractivity (Wildman–Crippen MR) is 119 cm³/mol. The Morgan fingerprint density at radius 3 is 2.31 bits per heavy atom. The molecule has 0 unspecified atom stereocenters. The summed E-state index contributed by atoms with van der Waals surface area (Å²) >= 11 is 11.8. The molecule has 4 aromatic rings. The second-order valence-electron chi connectivity index (χ2n) is 7.52. The summed E-state index contributed by atoms with van der Waals surface area (Å²) in [6, 6.07) is 11.6. The van der Waals surface area contributed by atoms with E-state index in [1.54, 1.807) is 0 Å². The third-order valence-electron chi connectivity index (χ3n) is 4.97. The molecule has 1 N–H and O–H groups in total. The second-order valence-corrected chi connectivity index (χ2v) is 8.39. The highest BCUT2D eigenvalue weighted by molar-refractivity contribution is 6.31. The summed E-state index contributed by atoms with van der Waals surface area (Å²) in [5, 5.41) is 18.2. The number of aliphatic hydroxyl groups excluding tert-OH is 1. The van der Waals surface area contributed by atoms with E-state index in [2.05, 4.69) is 15.2 Å². The number of hydrogen-bond acceptors (Lipinski definition) is 5. The van der Waals surface area contributed by atoms with E-state index in [1.165, 1.54) is 48.5 Å². The molecule has 190 valence electrons. The smallest absolute Gasteiger partial charge is 0.382 e. The zero-order valence-electron chi connectivity index (χ0n) is 17.9. The van der Waals surface area contributed by atoms with Gasteiger partial charge in [0.25, 0.3) is 6.43 Å². The van der Waals surface area contributed by atoms with Gasteiger partial charge in [-0.15, -0.1) is 10.2 Å². The number of nitrogens with zero attached hydrogens (tertiary/aromatic N) is 6. The fourth-order valence-electron chi connectivity index (χ4n) is 3.31. The minimum absolute atomic E-state index is 0.185. The van der Waals surface area contributed by atoms with Crippen molar-refractivity contribution < 1.29 is 27.1 Å². The first-order chi connectivity index (χ1) is 16.9. The third kappa shape index (κ3) is 5.42. The normalized spacial score (nSPS) is 12.9. The fourth-order valence-corrected chi connectivity index (χ4v) is 3.62. The Morgan fingerprint density at radius 1 is 1.00 bits per heavy atom. The lowest BCUT2D eigenvalue weighted by atomic mass is 10.2. The van der Waals surface area contributed by atoms with Crippen molar-refractivity contribution in [3.63, 3.8) is 0 Å². The van der Waals surface area contributed by atoms with Crippen molar-refractivity contribution in [1.29, 1.82) is 0 Å². The van der Waals surface area contributed by atoms with Gasteiger partial charge in [-0.1, -0.05) is 29.3 Å². The van der Waals surface area contributed by atoms with E-state index in [0.29, 0.717) is 9.59 Å². The van der Waals surface area contributed by atoms with Crippen molar-refractivity contribution in [3.8, 4) is 17.1 Å². The Labute approximate surface area is 209 Å². The van der Waals surface area contributed by atoms with Crippen molar-refractivity contribution in [3.05, 3.63) is 80.7 Å². The largest absolute Gasteiger partial charge is 0.416 e. The van der Waals surface area contributed by atoms with E-state index in [-0.39, 0.29) is 27.9 Å². The number of rotatable bonds is 7. The van der Waals surface area contributed by atoms with E-state index in [9.17, 15) is 31.9 Å². The summed E-state index contributed by atoms with van der Waals surface area (Å²) in [5.74, 6) is -1.19. The molecule has 0 aliphatic rings. The molecule has 0 saturated carbocycles. The van der Waals surface area contributed by atoms with E-state index >= 15 is 0 Å². The van der Waals surface area contributed by atoms with Crippen LogP contribution in [0.2, 0.25) is 10.0 Å². The van der Waals surface area contributed by atoms with Crippen LogP contribution in [-0.2, 0) is 13.1 Å². The summed E-state index contributed by atoms with van der Waals surface area (Å²) in [7, 11) is 0. The van der Waals surface area contributed by atoms with Crippen LogP contribution in [0.15, 0.2) is 53.3 Å². The SMILES string of the molecule is O=c1n(Cc2nc(C(F)F)n(-c3cccc(Cl)c3)n2)nc(-c2ccc(Cl)cc2)n1C[C@H](O)C(F)(F)F. The second kappa shape index (κ2) is 9.99. The fraction of sp³-hybridized carbons (Fsp3) is 0.238. The first-order valence-electron chi connectivity index (χ1n) is 10.1. The molecule has 0 radical (unpaired) electrons. The molecule has 1 atom stereocenters. The van der Waals surface area contributed by atoms with Gasteiger partial charge in [-0.25, -0.2) is 27.9 Å². The topological polar surface area (TPSA) is 90.8 Å². The van der Waals surface area contributed by atoms with E-state index in [1.807, 2.05) is 0 Å². The Morgan fingerprint density at radius 2 is 1.69 bits per heavy atom. The summed E-state index contributed by atoms with van der Waals surface area (Å²) in [6.07, 6.45) is -10.9. The zero-order valence-corrected chi connectivity index (χ0v) is 19.4. The molecule has 4 rings (SSSR count). The Balaban J connectivity index is 1.77. The molecule has 0 bridgehead atoms. The number of aromatic nitrogens is 6. The highest BCUT2D eigenvalue weighted by Gasteiger charge is 2.39. The van der Waals surface area contributed by atoms with Gasteiger partial charge in [-0.2, -0.15) is 13.2 Å². The monoisotopic (exact) mass is 548 g/mol. The minimum Gasteiger partial charge on any atom is -0.382 e. The molecule has 0 aliphatic carbocycles. The molecular weight excluding hydrogens is 534 g/mol. The highest BCUT2D eigenvalue weighted by Crippen LogP contribution is 2.25. The molecular formula is C21H15Cl2F5N6O2.